The van der Waals surface area contributed by atoms with Gasteiger partial charge >= 0.3 is 5.69 Å². The van der Waals surface area contributed by atoms with Gasteiger partial charge in [0.25, 0.3) is 0 Å². The van der Waals surface area contributed by atoms with Crippen LogP contribution in [0.25, 0.3) is 21.9 Å². The number of hydrogen-bond donors (Lipinski definition) is 3. The fourth-order valence-electron chi connectivity index (χ4n) is 7.28. The molecule has 52 heavy (non-hydrogen) atoms. The van der Waals surface area contributed by atoms with Crippen molar-refractivity contribution < 1.29 is 19.1 Å². The second-order valence-electron chi connectivity index (χ2n) is 14.4. The number of nitrogens with zero attached hydrogens (tertiary/aromatic N) is 8. The Kier molecular flexibility index (Phi) is 9.19. The summed E-state index contributed by atoms with van der Waals surface area (Å²) in [6, 6.07) is 9.31. The minimum atomic E-state index is -0.997. The lowest BCUT2D eigenvalue weighted by Crippen LogP contribution is -2.44. The Balaban J connectivity index is 1.05. The van der Waals surface area contributed by atoms with E-state index >= 15 is 4.39 Å². The van der Waals surface area contributed by atoms with E-state index in [9.17, 15) is 19.5 Å². The molecular weight excluding hydrogens is 691 g/mol. The molecule has 7 rings (SSSR count). The predicted octanol–water partition coefficient (Wildman–Crippen LogP) is 4.34. The van der Waals surface area contributed by atoms with E-state index in [0.717, 1.165) is 42.5 Å². The molecule has 0 aliphatic carbocycles. The van der Waals surface area contributed by atoms with E-state index < -0.39 is 17.3 Å². The van der Waals surface area contributed by atoms with Gasteiger partial charge in [-0.3, -0.25) is 28.7 Å². The number of hydrogen-bond acceptors (Lipinski definition) is 10. The van der Waals surface area contributed by atoms with Crippen LogP contribution in [0, 0.1) is 5.82 Å². The lowest BCUT2D eigenvalue weighted by molar-refractivity contribution is -0.134. The monoisotopic (exact) mass is 732 g/mol. The Bertz CT molecular complexity index is 2270. The minimum absolute atomic E-state index is 0.146. The molecule has 3 aromatic heterocycles. The average molecular weight is 733 g/mol. The van der Waals surface area contributed by atoms with Crippen LogP contribution in [0.3, 0.4) is 0 Å². The number of anilines is 4. The Morgan fingerprint density at radius 2 is 1.85 bits per heavy atom. The van der Waals surface area contributed by atoms with Crippen LogP contribution < -0.4 is 26.1 Å². The normalized spacial score (nSPS) is 17.3. The van der Waals surface area contributed by atoms with Crippen LogP contribution >= 0.6 is 11.6 Å². The summed E-state index contributed by atoms with van der Waals surface area (Å²) in [6.45, 7) is 5.13. The van der Waals surface area contributed by atoms with Crippen LogP contribution in [0.5, 0.6) is 0 Å². The van der Waals surface area contributed by atoms with Gasteiger partial charge in [0.05, 0.1) is 34.4 Å². The molecule has 5 aromatic rings. The summed E-state index contributed by atoms with van der Waals surface area (Å²) >= 11 is 6.52. The molecule has 2 aromatic carbocycles. The zero-order valence-corrected chi connectivity index (χ0v) is 30.5. The SMILES string of the molecule is CN(c1ncc(Cl)c(Nc2cc(F)c3c(c2)n(CCC(C)(C)O)c(=O)n3C)n1)C1CCN(c2ccc3c(C4CCC(=O)NC4=O)nn(C)c3c2)CC1. The number of imide groups is 1. The number of carbonyl (C=O) groups excluding carboxylic acids is 2. The maximum absolute atomic E-state index is 15.4. The van der Waals surface area contributed by atoms with E-state index in [1.165, 1.54) is 28.4 Å². The Morgan fingerprint density at radius 3 is 2.56 bits per heavy atom. The van der Waals surface area contributed by atoms with Crippen molar-refractivity contribution in [3.63, 3.8) is 0 Å². The fraction of sp³-hybridized carbons (Fsp3) is 0.444. The van der Waals surface area contributed by atoms with Crippen molar-refractivity contribution >= 4 is 68.5 Å². The molecule has 5 heterocycles. The molecule has 14 nitrogen and oxygen atoms in total. The molecule has 2 aliphatic rings. The van der Waals surface area contributed by atoms with Gasteiger partial charge in [0.15, 0.2) is 11.6 Å². The summed E-state index contributed by atoms with van der Waals surface area (Å²) in [5.41, 5.74) is 2.24. The third-order valence-electron chi connectivity index (χ3n) is 10.3. The number of aromatic nitrogens is 6. The fourth-order valence-corrected chi connectivity index (χ4v) is 7.42. The Hall–Kier alpha value is -5.02. The highest BCUT2D eigenvalue weighted by atomic mass is 35.5. The van der Waals surface area contributed by atoms with Crippen molar-refractivity contribution in [3.8, 4) is 0 Å². The quantitative estimate of drug-likeness (QED) is 0.187. The van der Waals surface area contributed by atoms with Crippen LogP contribution in [0.1, 0.15) is 57.6 Å². The number of halogens is 2. The first-order valence-electron chi connectivity index (χ1n) is 17.4. The Labute approximate surface area is 304 Å². The van der Waals surface area contributed by atoms with E-state index in [4.69, 9.17) is 16.6 Å². The molecule has 0 radical (unpaired) electrons. The second kappa shape index (κ2) is 13.5. The molecule has 274 valence electrons. The number of rotatable bonds is 9. The molecule has 16 heteroatoms. The summed E-state index contributed by atoms with van der Waals surface area (Å²) in [6.07, 6.45) is 4.26. The maximum Gasteiger partial charge on any atom is 0.328 e. The summed E-state index contributed by atoms with van der Waals surface area (Å²) in [5.74, 6) is -0.805. The molecule has 0 saturated carbocycles. The Morgan fingerprint density at radius 1 is 1.10 bits per heavy atom. The molecule has 2 saturated heterocycles. The lowest BCUT2D eigenvalue weighted by Gasteiger charge is -2.38. The average Bonchev–Trinajstić information content (AvgIpc) is 3.55. The lowest BCUT2D eigenvalue weighted by atomic mass is 9.92. The first-order chi connectivity index (χ1) is 24.7. The maximum atomic E-state index is 15.4. The first-order valence-corrected chi connectivity index (χ1v) is 17.7. The number of piperidine rings is 2. The van der Waals surface area contributed by atoms with Gasteiger partial charge in [-0.05, 0) is 69.9 Å². The van der Waals surface area contributed by atoms with Crippen molar-refractivity contribution in [2.75, 3.05) is 35.3 Å². The second-order valence-corrected chi connectivity index (χ2v) is 14.8. The predicted molar refractivity (Wildman–Crippen MR) is 198 cm³/mol. The zero-order valence-electron chi connectivity index (χ0n) is 29.8. The van der Waals surface area contributed by atoms with Gasteiger partial charge in [-0.25, -0.2) is 14.2 Å². The van der Waals surface area contributed by atoms with E-state index in [1.54, 1.807) is 24.6 Å². The smallest absolute Gasteiger partial charge is 0.328 e. The topological polar surface area (TPSA) is 155 Å². The van der Waals surface area contributed by atoms with E-state index in [1.807, 2.05) is 25.1 Å². The van der Waals surface area contributed by atoms with Crippen molar-refractivity contribution in [2.45, 2.75) is 70.1 Å². The van der Waals surface area contributed by atoms with Gasteiger partial charge in [-0.2, -0.15) is 10.1 Å². The van der Waals surface area contributed by atoms with Crippen molar-refractivity contribution in [2.24, 2.45) is 14.1 Å². The van der Waals surface area contributed by atoms with E-state index in [-0.39, 0.29) is 40.6 Å². The largest absolute Gasteiger partial charge is 0.390 e. The highest BCUT2D eigenvalue weighted by Crippen LogP contribution is 2.34. The third kappa shape index (κ3) is 6.70. The minimum Gasteiger partial charge on any atom is -0.390 e. The van der Waals surface area contributed by atoms with E-state index in [0.29, 0.717) is 47.9 Å². The van der Waals surface area contributed by atoms with Crippen LogP contribution in [-0.4, -0.2) is 77.6 Å². The summed E-state index contributed by atoms with van der Waals surface area (Å²) < 4.78 is 19.9. The molecule has 2 aliphatic heterocycles. The number of benzene rings is 2. The standard InChI is InChI=1S/C36H42ClFN10O4/c1-36(2,52)12-15-48-28-17-20(16-26(38)31(28)45(4)35(48)51)40-32-25(37)19-39-34(42-32)44(3)21-10-13-47(14-11-21)22-6-7-23-27(18-22)46(5)43-30(23)24-8-9-29(49)41-33(24)50/h6-7,16-19,21,24,52H,8-15H2,1-5H3,(H,39,40,42)(H,41,49,50). The van der Waals surface area contributed by atoms with Gasteiger partial charge in [-0.15, -0.1) is 0 Å². The summed E-state index contributed by atoms with van der Waals surface area (Å²) in [7, 11) is 5.34. The van der Waals surface area contributed by atoms with Gasteiger partial charge in [0, 0.05) is 70.0 Å². The van der Waals surface area contributed by atoms with Crippen molar-refractivity contribution in [1.29, 1.82) is 0 Å². The van der Waals surface area contributed by atoms with Gasteiger partial charge in [0.2, 0.25) is 17.8 Å². The van der Waals surface area contributed by atoms with Crippen molar-refractivity contribution in [3.05, 3.63) is 63.5 Å². The molecule has 1 atom stereocenters. The van der Waals surface area contributed by atoms with Crippen LogP contribution in [-0.2, 0) is 30.2 Å². The number of carbonyl (C=O) groups is 2. The van der Waals surface area contributed by atoms with Gasteiger partial charge in [0.1, 0.15) is 10.5 Å². The number of nitrogens with one attached hydrogen (secondary N) is 2. The summed E-state index contributed by atoms with van der Waals surface area (Å²) in [5, 5.41) is 21.6. The number of aliphatic hydroxyl groups is 1. The molecule has 2 amide bonds. The molecule has 0 spiro atoms. The molecular formula is C36H42ClFN10O4. The van der Waals surface area contributed by atoms with Gasteiger partial charge in [-0.1, -0.05) is 11.6 Å². The number of imidazole rings is 1. The first kappa shape index (κ1) is 35.4. The van der Waals surface area contributed by atoms with Crippen LogP contribution in [0.4, 0.5) is 27.5 Å². The highest BCUT2D eigenvalue weighted by molar-refractivity contribution is 6.33. The van der Waals surface area contributed by atoms with Crippen LogP contribution in [0.15, 0.2) is 41.3 Å². The van der Waals surface area contributed by atoms with Crippen molar-refractivity contribution in [1.82, 2.24) is 34.2 Å². The molecule has 1 unspecified atom stereocenters. The molecule has 3 N–H and O–H groups in total. The van der Waals surface area contributed by atoms with Gasteiger partial charge < -0.3 is 20.2 Å². The number of amides is 2. The number of fused-ring (bicyclic) bond motifs is 2. The zero-order chi connectivity index (χ0) is 37.1. The number of aryl methyl sites for hydroxylation is 3. The van der Waals surface area contributed by atoms with E-state index in [2.05, 4.69) is 37.7 Å². The third-order valence-corrected chi connectivity index (χ3v) is 10.5. The molecule has 2 fully saturated rings. The molecule has 0 bridgehead atoms. The highest BCUT2D eigenvalue weighted by Gasteiger charge is 2.32. The summed E-state index contributed by atoms with van der Waals surface area (Å²) in [4.78, 5) is 50.8. The van der Waals surface area contributed by atoms with Crippen LogP contribution in [0.2, 0.25) is 5.02 Å².